The quantitative estimate of drug-likeness (QED) is 0.649. The van der Waals surface area contributed by atoms with Gasteiger partial charge >= 0.3 is 0 Å². The Bertz CT molecular complexity index is 574. The highest BCUT2D eigenvalue weighted by molar-refractivity contribution is 7.87. The lowest BCUT2D eigenvalue weighted by atomic mass is 9.80. The van der Waals surface area contributed by atoms with Gasteiger partial charge in [0.2, 0.25) is 5.91 Å². The van der Waals surface area contributed by atoms with Crippen LogP contribution in [0, 0.1) is 11.8 Å². The van der Waals surface area contributed by atoms with Crippen molar-refractivity contribution < 1.29 is 17.9 Å². The third-order valence-corrected chi connectivity index (χ3v) is 7.27. The van der Waals surface area contributed by atoms with Crippen molar-refractivity contribution in [2.75, 3.05) is 19.7 Å². The van der Waals surface area contributed by atoms with E-state index < -0.39 is 10.2 Å². The fourth-order valence-electron chi connectivity index (χ4n) is 4.38. The van der Waals surface area contributed by atoms with Crippen molar-refractivity contribution in [1.29, 1.82) is 0 Å². The molecule has 2 fully saturated rings. The van der Waals surface area contributed by atoms with Gasteiger partial charge in [-0.05, 0) is 50.4 Å². The number of nitrogens with zero attached hydrogens (tertiary/aromatic N) is 1. The lowest BCUT2D eigenvalue weighted by Gasteiger charge is -2.42. The van der Waals surface area contributed by atoms with Gasteiger partial charge in [0.1, 0.15) is 0 Å². The third-order valence-electron chi connectivity index (χ3n) is 5.99. The molecule has 7 nitrogen and oxygen atoms in total. The number of hydrogen-bond donors (Lipinski definition) is 2. The Morgan fingerprint density at radius 2 is 1.85 bits per heavy atom. The van der Waals surface area contributed by atoms with Gasteiger partial charge in [-0.2, -0.15) is 13.1 Å². The number of amides is 1. The summed E-state index contributed by atoms with van der Waals surface area (Å²) in [5.41, 5.74) is 0. The average Bonchev–Trinajstić information content (AvgIpc) is 2.60. The molecule has 0 unspecified atom stereocenters. The molecule has 2 atom stereocenters. The van der Waals surface area contributed by atoms with Gasteiger partial charge in [-0.15, -0.1) is 0 Å². The van der Waals surface area contributed by atoms with Crippen LogP contribution in [0.25, 0.3) is 0 Å². The first-order chi connectivity index (χ1) is 12.7. The second-order valence-electron chi connectivity index (χ2n) is 8.26. The summed E-state index contributed by atoms with van der Waals surface area (Å²) < 4.78 is 35.7. The van der Waals surface area contributed by atoms with Gasteiger partial charge in [0.05, 0.1) is 18.8 Å². The van der Waals surface area contributed by atoms with Crippen molar-refractivity contribution in [1.82, 2.24) is 14.3 Å². The van der Waals surface area contributed by atoms with E-state index in [9.17, 15) is 13.2 Å². The third kappa shape index (κ3) is 6.69. The van der Waals surface area contributed by atoms with E-state index in [2.05, 4.69) is 23.3 Å². The van der Waals surface area contributed by atoms with Gasteiger partial charge in [0.25, 0.3) is 10.2 Å². The zero-order valence-corrected chi connectivity index (χ0v) is 18.1. The maximum absolute atomic E-state index is 12.2. The molecule has 8 heteroatoms. The summed E-state index contributed by atoms with van der Waals surface area (Å²) in [6.07, 6.45) is 6.16. The van der Waals surface area contributed by atoms with E-state index in [1.807, 2.05) is 0 Å². The molecular formula is C19H37N3O4S. The zero-order valence-electron chi connectivity index (χ0n) is 17.2. The van der Waals surface area contributed by atoms with Crippen molar-refractivity contribution in [3.63, 3.8) is 0 Å². The maximum Gasteiger partial charge on any atom is 0.277 e. The van der Waals surface area contributed by atoms with Crippen LogP contribution in [0.5, 0.6) is 0 Å². The van der Waals surface area contributed by atoms with Crippen LogP contribution in [0.15, 0.2) is 0 Å². The lowest BCUT2D eigenvalue weighted by Crippen LogP contribution is -2.60. The topological polar surface area (TPSA) is 87.7 Å². The normalized spacial score (nSPS) is 29.9. The first kappa shape index (κ1) is 22.6. The van der Waals surface area contributed by atoms with Crippen LogP contribution in [-0.4, -0.2) is 57.1 Å². The van der Waals surface area contributed by atoms with E-state index in [1.54, 1.807) is 18.7 Å². The molecule has 2 N–H and O–H groups in total. The molecule has 2 rings (SSSR count). The van der Waals surface area contributed by atoms with Gasteiger partial charge in [-0.25, -0.2) is 4.72 Å². The van der Waals surface area contributed by atoms with Gasteiger partial charge in [0, 0.05) is 26.1 Å². The van der Waals surface area contributed by atoms with E-state index in [0.29, 0.717) is 32.0 Å². The molecule has 1 aliphatic carbocycles. The minimum absolute atomic E-state index is 0.0283. The second kappa shape index (κ2) is 10.2. The van der Waals surface area contributed by atoms with Crippen molar-refractivity contribution in [3.05, 3.63) is 0 Å². The number of hydrogen-bond acceptors (Lipinski definition) is 4. The Morgan fingerprint density at radius 3 is 2.41 bits per heavy atom. The molecule has 27 heavy (non-hydrogen) atoms. The monoisotopic (exact) mass is 403 g/mol. The Morgan fingerprint density at radius 1 is 1.19 bits per heavy atom. The molecule has 1 saturated heterocycles. The fraction of sp³-hybridized carbons (Fsp3) is 0.947. The standard InChI is InChI=1S/C19H37N3O4S/c1-5-20-27(24,25)21-18-7-6-12-22(15(4)23)19(18)13-26-17-10-8-16(9-11-17)14(2)3/h14,16-21H,5-13H2,1-4H3/t16?,17?,18-,19-/m0/s1. The summed E-state index contributed by atoms with van der Waals surface area (Å²) in [5.74, 6) is 1.45. The van der Waals surface area contributed by atoms with Crippen molar-refractivity contribution in [2.24, 2.45) is 11.8 Å². The van der Waals surface area contributed by atoms with Crippen molar-refractivity contribution in [2.45, 2.75) is 84.4 Å². The van der Waals surface area contributed by atoms with Crippen LogP contribution >= 0.6 is 0 Å². The minimum atomic E-state index is -3.57. The minimum Gasteiger partial charge on any atom is -0.376 e. The van der Waals surface area contributed by atoms with E-state index in [4.69, 9.17) is 4.74 Å². The molecule has 1 aliphatic heterocycles. The van der Waals surface area contributed by atoms with Crippen molar-refractivity contribution in [3.8, 4) is 0 Å². The average molecular weight is 404 g/mol. The summed E-state index contributed by atoms with van der Waals surface area (Å²) in [6.45, 7) is 9.22. The smallest absolute Gasteiger partial charge is 0.277 e. The largest absolute Gasteiger partial charge is 0.376 e. The van der Waals surface area contributed by atoms with Gasteiger partial charge in [0.15, 0.2) is 0 Å². The van der Waals surface area contributed by atoms with Crippen LogP contribution in [0.4, 0.5) is 0 Å². The van der Waals surface area contributed by atoms with Crippen molar-refractivity contribution >= 4 is 16.1 Å². The summed E-state index contributed by atoms with van der Waals surface area (Å²) in [7, 11) is -3.57. The highest BCUT2D eigenvalue weighted by atomic mass is 32.2. The highest BCUT2D eigenvalue weighted by Gasteiger charge is 2.36. The van der Waals surface area contributed by atoms with Gasteiger partial charge in [-0.3, -0.25) is 4.79 Å². The lowest BCUT2D eigenvalue weighted by molar-refractivity contribution is -0.136. The number of carbonyl (C=O) groups is 1. The van der Waals surface area contributed by atoms with E-state index in [1.165, 1.54) is 12.8 Å². The fourth-order valence-corrected chi connectivity index (χ4v) is 5.52. The number of piperidine rings is 1. The molecule has 0 spiro atoms. The van der Waals surface area contributed by atoms with Gasteiger partial charge < -0.3 is 9.64 Å². The van der Waals surface area contributed by atoms with Crippen LogP contribution < -0.4 is 9.44 Å². The van der Waals surface area contributed by atoms with E-state index in [-0.39, 0.29) is 24.1 Å². The number of likely N-dealkylation sites (tertiary alicyclic amines) is 1. The molecular weight excluding hydrogens is 366 g/mol. The zero-order chi connectivity index (χ0) is 20.0. The van der Waals surface area contributed by atoms with Gasteiger partial charge in [-0.1, -0.05) is 20.8 Å². The van der Waals surface area contributed by atoms with Crippen LogP contribution in [-0.2, 0) is 19.7 Å². The number of carbonyl (C=O) groups excluding carboxylic acids is 1. The molecule has 0 bridgehead atoms. The number of ether oxygens (including phenoxy) is 1. The second-order valence-corrected chi connectivity index (χ2v) is 9.79. The van der Waals surface area contributed by atoms with Crippen LogP contribution in [0.3, 0.4) is 0 Å². The van der Waals surface area contributed by atoms with E-state index in [0.717, 1.165) is 25.2 Å². The summed E-state index contributed by atoms with van der Waals surface area (Å²) >= 11 is 0. The Kier molecular flexibility index (Phi) is 8.52. The first-order valence-corrected chi connectivity index (χ1v) is 11.9. The Labute approximate surface area is 164 Å². The Hall–Kier alpha value is -0.700. The highest BCUT2D eigenvalue weighted by Crippen LogP contribution is 2.31. The molecule has 158 valence electrons. The number of rotatable bonds is 8. The molecule has 0 aromatic carbocycles. The first-order valence-electron chi connectivity index (χ1n) is 10.4. The molecule has 1 heterocycles. The van der Waals surface area contributed by atoms with Crippen LogP contribution in [0.2, 0.25) is 0 Å². The molecule has 0 aromatic rings. The molecule has 0 radical (unpaired) electrons. The molecule has 0 aromatic heterocycles. The summed E-state index contributed by atoms with van der Waals surface area (Å²) in [4.78, 5) is 13.9. The predicted octanol–water partition coefficient (Wildman–Crippen LogP) is 2.04. The molecule has 2 aliphatic rings. The summed E-state index contributed by atoms with van der Waals surface area (Å²) in [5, 5.41) is 0. The molecule has 1 saturated carbocycles. The maximum atomic E-state index is 12.2. The Balaban J connectivity index is 1.98. The SMILES string of the molecule is CCNS(=O)(=O)N[C@H]1CCCN(C(C)=O)[C@H]1COC1CCC(C(C)C)CC1. The van der Waals surface area contributed by atoms with Crippen LogP contribution in [0.1, 0.15) is 66.2 Å². The van der Waals surface area contributed by atoms with E-state index >= 15 is 0 Å². The summed E-state index contributed by atoms with van der Waals surface area (Å²) in [6, 6.07) is -0.578. The molecule has 1 amide bonds. The predicted molar refractivity (Wildman–Crippen MR) is 106 cm³/mol. The number of nitrogens with one attached hydrogen (secondary N) is 2.